The highest BCUT2D eigenvalue weighted by molar-refractivity contribution is 5.42. The maximum absolute atomic E-state index is 4.71. The number of para-hydroxylation sites is 1. The van der Waals surface area contributed by atoms with Crippen molar-refractivity contribution in [2.75, 3.05) is 5.32 Å². The molecule has 0 aliphatic carbocycles. The fraction of sp³-hybridized carbons (Fsp3) is 0.100. The van der Waals surface area contributed by atoms with Gasteiger partial charge in [0.25, 0.3) is 0 Å². The van der Waals surface area contributed by atoms with Gasteiger partial charge in [-0.1, -0.05) is 23.4 Å². The van der Waals surface area contributed by atoms with Crippen molar-refractivity contribution >= 4 is 5.69 Å². The number of nitrogens with one attached hydrogen (secondary N) is 1. The summed E-state index contributed by atoms with van der Waals surface area (Å²) < 4.78 is 4.71. The van der Waals surface area contributed by atoms with Gasteiger partial charge in [0.05, 0.1) is 6.20 Å². The summed E-state index contributed by atoms with van der Waals surface area (Å²) in [5.41, 5.74) is 2.15. The van der Waals surface area contributed by atoms with Crippen LogP contribution in [0.4, 0.5) is 5.69 Å². The zero-order chi connectivity index (χ0) is 8.93. The summed E-state index contributed by atoms with van der Waals surface area (Å²) in [5.74, 6) is 0. The van der Waals surface area contributed by atoms with E-state index in [4.69, 9.17) is 4.52 Å². The van der Waals surface area contributed by atoms with E-state index in [2.05, 4.69) is 10.5 Å². The first kappa shape index (κ1) is 7.86. The van der Waals surface area contributed by atoms with Crippen LogP contribution in [-0.2, 0) is 6.54 Å². The molecule has 1 heterocycles. The van der Waals surface area contributed by atoms with Crippen molar-refractivity contribution in [3.8, 4) is 0 Å². The van der Waals surface area contributed by atoms with E-state index in [9.17, 15) is 0 Å². The van der Waals surface area contributed by atoms with E-state index < -0.39 is 0 Å². The molecule has 0 bridgehead atoms. The van der Waals surface area contributed by atoms with Crippen LogP contribution in [0.3, 0.4) is 0 Å². The Bertz CT molecular complexity index is 342. The Kier molecular flexibility index (Phi) is 2.27. The lowest BCUT2D eigenvalue weighted by Crippen LogP contribution is -1.97. The molecule has 3 heteroatoms. The van der Waals surface area contributed by atoms with Crippen LogP contribution < -0.4 is 5.32 Å². The van der Waals surface area contributed by atoms with Gasteiger partial charge in [0.1, 0.15) is 6.26 Å². The molecule has 1 aromatic carbocycles. The molecule has 0 unspecified atom stereocenters. The largest absolute Gasteiger partial charge is 0.381 e. The second kappa shape index (κ2) is 3.76. The lowest BCUT2D eigenvalue weighted by molar-refractivity contribution is 0.419. The molecule has 1 aromatic heterocycles. The number of anilines is 1. The van der Waals surface area contributed by atoms with Crippen molar-refractivity contribution in [1.29, 1.82) is 0 Å². The van der Waals surface area contributed by atoms with E-state index >= 15 is 0 Å². The first-order chi connectivity index (χ1) is 6.45. The molecule has 0 saturated heterocycles. The van der Waals surface area contributed by atoms with Gasteiger partial charge in [0.2, 0.25) is 0 Å². The van der Waals surface area contributed by atoms with Crippen LogP contribution in [-0.4, -0.2) is 5.16 Å². The molecule has 0 aliphatic rings. The van der Waals surface area contributed by atoms with E-state index in [-0.39, 0.29) is 0 Å². The first-order valence-corrected chi connectivity index (χ1v) is 4.12. The molecule has 13 heavy (non-hydrogen) atoms. The van der Waals surface area contributed by atoms with Gasteiger partial charge in [0, 0.05) is 17.8 Å². The van der Waals surface area contributed by atoms with Crippen LogP contribution in [0.25, 0.3) is 0 Å². The van der Waals surface area contributed by atoms with Crippen LogP contribution in [0.2, 0.25) is 0 Å². The minimum atomic E-state index is 0.744. The molecule has 0 atom stereocenters. The number of rotatable bonds is 3. The molecule has 66 valence electrons. The van der Waals surface area contributed by atoms with Crippen LogP contribution in [0.1, 0.15) is 5.56 Å². The van der Waals surface area contributed by atoms with Crippen molar-refractivity contribution in [3.05, 3.63) is 48.4 Å². The Balaban J connectivity index is 1.94. The summed E-state index contributed by atoms with van der Waals surface area (Å²) in [6.07, 6.45) is 3.34. The molecule has 0 amide bonds. The van der Waals surface area contributed by atoms with Gasteiger partial charge in [0.15, 0.2) is 0 Å². The highest BCUT2D eigenvalue weighted by Gasteiger charge is 1.94. The Morgan fingerprint density at radius 3 is 2.77 bits per heavy atom. The number of aromatic nitrogens is 1. The van der Waals surface area contributed by atoms with Crippen LogP contribution in [0.15, 0.2) is 47.3 Å². The average molecular weight is 174 g/mol. The quantitative estimate of drug-likeness (QED) is 0.775. The van der Waals surface area contributed by atoms with Crippen molar-refractivity contribution in [3.63, 3.8) is 0 Å². The van der Waals surface area contributed by atoms with Gasteiger partial charge in [-0.05, 0) is 12.1 Å². The van der Waals surface area contributed by atoms with Gasteiger partial charge in [-0.25, -0.2) is 0 Å². The zero-order valence-corrected chi connectivity index (χ0v) is 7.10. The van der Waals surface area contributed by atoms with E-state index in [1.54, 1.807) is 12.5 Å². The summed E-state index contributed by atoms with van der Waals surface area (Å²) >= 11 is 0. The SMILES string of the molecule is c1ccc(NCc2cnoc2)cc1. The second-order valence-corrected chi connectivity index (χ2v) is 2.75. The summed E-state index contributed by atoms with van der Waals surface area (Å²) in [4.78, 5) is 0. The molecule has 0 radical (unpaired) electrons. The predicted octanol–water partition coefficient (Wildman–Crippen LogP) is 2.29. The van der Waals surface area contributed by atoms with Crippen LogP contribution in [0.5, 0.6) is 0 Å². The van der Waals surface area contributed by atoms with E-state index in [1.165, 1.54) is 0 Å². The minimum absolute atomic E-state index is 0.744. The molecular formula is C10H10N2O. The van der Waals surface area contributed by atoms with Gasteiger partial charge in [-0.2, -0.15) is 0 Å². The van der Waals surface area contributed by atoms with Crippen molar-refractivity contribution in [1.82, 2.24) is 5.16 Å². The Morgan fingerprint density at radius 2 is 2.08 bits per heavy atom. The maximum atomic E-state index is 4.71. The third-order valence-electron chi connectivity index (χ3n) is 1.75. The van der Waals surface area contributed by atoms with Crippen molar-refractivity contribution in [2.24, 2.45) is 0 Å². The normalized spacial score (nSPS) is 9.85. The summed E-state index contributed by atoms with van der Waals surface area (Å²) in [7, 11) is 0. The molecular weight excluding hydrogens is 164 g/mol. The number of benzene rings is 1. The van der Waals surface area contributed by atoms with Gasteiger partial charge < -0.3 is 9.84 Å². The monoisotopic (exact) mass is 174 g/mol. The molecule has 1 N–H and O–H groups in total. The standard InChI is InChI=1S/C10H10N2O/c1-2-4-10(5-3-1)11-6-9-7-12-13-8-9/h1-5,7-8,11H,6H2. The van der Waals surface area contributed by atoms with Crippen LogP contribution >= 0.6 is 0 Å². The zero-order valence-electron chi connectivity index (χ0n) is 7.10. The molecule has 2 aromatic rings. The molecule has 2 rings (SSSR count). The molecule has 0 fully saturated rings. The maximum Gasteiger partial charge on any atom is 0.128 e. The topological polar surface area (TPSA) is 38.1 Å². The van der Waals surface area contributed by atoms with E-state index in [0.717, 1.165) is 17.8 Å². The molecule has 0 aliphatic heterocycles. The lowest BCUT2D eigenvalue weighted by atomic mass is 10.3. The van der Waals surface area contributed by atoms with Gasteiger partial charge in [-0.15, -0.1) is 0 Å². The number of nitrogens with zero attached hydrogens (tertiary/aromatic N) is 1. The summed E-state index contributed by atoms with van der Waals surface area (Å²) in [6, 6.07) is 10.0. The van der Waals surface area contributed by atoms with E-state index in [1.807, 2.05) is 30.3 Å². The van der Waals surface area contributed by atoms with Crippen molar-refractivity contribution < 1.29 is 4.52 Å². The predicted molar refractivity (Wildman–Crippen MR) is 50.3 cm³/mol. The van der Waals surface area contributed by atoms with Gasteiger partial charge in [-0.3, -0.25) is 0 Å². The fourth-order valence-corrected chi connectivity index (χ4v) is 1.07. The Hall–Kier alpha value is -1.77. The average Bonchev–Trinajstić information content (AvgIpc) is 2.69. The Morgan fingerprint density at radius 1 is 1.23 bits per heavy atom. The smallest absolute Gasteiger partial charge is 0.128 e. The minimum Gasteiger partial charge on any atom is -0.381 e. The molecule has 3 nitrogen and oxygen atoms in total. The number of hydrogen-bond acceptors (Lipinski definition) is 3. The van der Waals surface area contributed by atoms with Gasteiger partial charge >= 0.3 is 0 Å². The van der Waals surface area contributed by atoms with E-state index in [0.29, 0.717) is 0 Å². The number of hydrogen-bond donors (Lipinski definition) is 1. The summed E-state index contributed by atoms with van der Waals surface area (Å²) in [6.45, 7) is 0.744. The second-order valence-electron chi connectivity index (χ2n) is 2.75. The third-order valence-corrected chi connectivity index (χ3v) is 1.75. The van der Waals surface area contributed by atoms with Crippen LogP contribution in [0, 0.1) is 0 Å². The highest BCUT2D eigenvalue weighted by atomic mass is 16.5. The molecule has 0 spiro atoms. The Labute approximate surface area is 76.4 Å². The summed E-state index contributed by atoms with van der Waals surface area (Å²) in [5, 5.41) is 6.87. The lowest BCUT2D eigenvalue weighted by Gasteiger charge is -2.02. The van der Waals surface area contributed by atoms with Crippen molar-refractivity contribution in [2.45, 2.75) is 6.54 Å². The highest BCUT2D eigenvalue weighted by Crippen LogP contribution is 2.07. The first-order valence-electron chi connectivity index (χ1n) is 4.12. The third kappa shape index (κ3) is 2.08. The molecule has 0 saturated carbocycles. The fourth-order valence-electron chi connectivity index (χ4n) is 1.07.